The molecule has 2 nitrogen and oxygen atoms in total. The van der Waals surface area contributed by atoms with Gasteiger partial charge in [-0.3, -0.25) is 4.79 Å². The quantitative estimate of drug-likeness (QED) is 0.213. The van der Waals surface area contributed by atoms with Crippen LogP contribution in [0.4, 0.5) is 0 Å². The zero-order chi connectivity index (χ0) is 19.4. The van der Waals surface area contributed by atoms with Gasteiger partial charge in [-0.2, -0.15) is 0 Å². The lowest BCUT2D eigenvalue weighted by atomic mass is 10.1. The minimum Gasteiger partial charge on any atom is -0.353 e. The van der Waals surface area contributed by atoms with Gasteiger partial charge in [-0.15, -0.1) is 0 Å². The summed E-state index contributed by atoms with van der Waals surface area (Å²) < 4.78 is 0. The molecule has 0 aromatic heterocycles. The third-order valence-electron chi connectivity index (χ3n) is 4.67. The molecule has 0 aromatic carbocycles. The van der Waals surface area contributed by atoms with Gasteiger partial charge in [0.1, 0.15) is 0 Å². The Balaban J connectivity index is 1.83. The van der Waals surface area contributed by atoms with E-state index >= 15 is 0 Å². The normalized spacial score (nSPS) is 15.0. The summed E-state index contributed by atoms with van der Waals surface area (Å²) in [5.41, 5.74) is 0. The van der Waals surface area contributed by atoms with E-state index in [4.69, 9.17) is 0 Å². The summed E-state index contributed by atoms with van der Waals surface area (Å²) in [5, 5.41) is 3.04. The lowest BCUT2D eigenvalue weighted by Crippen LogP contribution is -2.24. The molecule has 0 saturated heterocycles. The number of carbonyl (C=O) groups is 1. The molecule has 0 aliphatic heterocycles. The molecule has 1 N–H and O–H groups in total. The van der Waals surface area contributed by atoms with E-state index in [1.165, 1.54) is 44.9 Å². The van der Waals surface area contributed by atoms with Crippen LogP contribution < -0.4 is 5.32 Å². The van der Waals surface area contributed by atoms with Crippen molar-refractivity contribution < 1.29 is 4.79 Å². The number of allylic oxidation sites excluding steroid dienone is 8. The molecule has 0 radical (unpaired) electrons. The van der Waals surface area contributed by atoms with Gasteiger partial charge in [-0.25, -0.2) is 0 Å². The number of rotatable bonds is 17. The second-order valence-electron chi connectivity index (χ2n) is 7.53. The molecule has 1 saturated carbocycles. The van der Waals surface area contributed by atoms with Crippen molar-refractivity contribution in [3.8, 4) is 0 Å². The second-order valence-corrected chi connectivity index (χ2v) is 7.53. The van der Waals surface area contributed by atoms with Gasteiger partial charge in [-0.1, -0.05) is 74.8 Å². The number of nitrogens with one attached hydrogen (secondary N) is 1. The van der Waals surface area contributed by atoms with Crippen molar-refractivity contribution in [2.75, 3.05) is 0 Å². The van der Waals surface area contributed by atoms with Gasteiger partial charge < -0.3 is 5.32 Å². The summed E-state index contributed by atoms with van der Waals surface area (Å²) in [6, 6.07) is 0.501. The number of amides is 1. The predicted molar refractivity (Wildman–Crippen MR) is 119 cm³/mol. The Morgan fingerprint density at radius 2 is 1.26 bits per heavy atom. The SMILES string of the molecule is CCCCC/C=C\C/C=C\C/C=C\C/C=C\CCCCCC(=O)NC1CC1. The Morgan fingerprint density at radius 1 is 0.741 bits per heavy atom. The van der Waals surface area contributed by atoms with E-state index in [1.54, 1.807) is 0 Å². The lowest BCUT2D eigenvalue weighted by Gasteiger charge is -2.02. The number of carbonyl (C=O) groups excluding carboxylic acids is 1. The zero-order valence-electron chi connectivity index (χ0n) is 17.5. The van der Waals surface area contributed by atoms with Crippen LogP contribution in [0.5, 0.6) is 0 Å². The van der Waals surface area contributed by atoms with Crippen LogP contribution in [0.15, 0.2) is 48.6 Å². The highest BCUT2D eigenvalue weighted by molar-refractivity contribution is 5.76. The third kappa shape index (κ3) is 17.6. The second kappa shape index (κ2) is 17.8. The summed E-state index contributed by atoms with van der Waals surface area (Å²) in [7, 11) is 0. The molecule has 152 valence electrons. The fourth-order valence-electron chi connectivity index (χ4n) is 2.81. The first-order chi connectivity index (χ1) is 13.3. The van der Waals surface area contributed by atoms with Crippen molar-refractivity contribution in [3.05, 3.63) is 48.6 Å². The van der Waals surface area contributed by atoms with Gasteiger partial charge in [0.15, 0.2) is 0 Å². The first kappa shape index (κ1) is 23.5. The van der Waals surface area contributed by atoms with E-state index in [9.17, 15) is 4.79 Å². The van der Waals surface area contributed by atoms with E-state index in [0.29, 0.717) is 12.5 Å². The molecule has 27 heavy (non-hydrogen) atoms. The highest BCUT2D eigenvalue weighted by Crippen LogP contribution is 2.18. The van der Waals surface area contributed by atoms with Gasteiger partial charge in [0.2, 0.25) is 5.91 Å². The zero-order valence-corrected chi connectivity index (χ0v) is 17.5. The Labute approximate surface area is 167 Å². The van der Waals surface area contributed by atoms with Gasteiger partial charge in [0.25, 0.3) is 0 Å². The molecule has 0 bridgehead atoms. The van der Waals surface area contributed by atoms with Crippen LogP contribution in [-0.2, 0) is 4.79 Å². The van der Waals surface area contributed by atoms with Crippen LogP contribution in [0.1, 0.15) is 96.8 Å². The first-order valence-electron chi connectivity index (χ1n) is 11.2. The smallest absolute Gasteiger partial charge is 0.220 e. The molecule has 0 heterocycles. The van der Waals surface area contributed by atoms with E-state index in [-0.39, 0.29) is 5.91 Å². The number of unbranched alkanes of at least 4 members (excludes halogenated alkanes) is 6. The van der Waals surface area contributed by atoms with Crippen molar-refractivity contribution in [2.45, 2.75) is 103 Å². The molecule has 1 amide bonds. The van der Waals surface area contributed by atoms with Crippen LogP contribution in [0.3, 0.4) is 0 Å². The predicted octanol–water partition coefficient (Wildman–Crippen LogP) is 7.19. The maximum Gasteiger partial charge on any atom is 0.220 e. The van der Waals surface area contributed by atoms with E-state index < -0.39 is 0 Å². The summed E-state index contributed by atoms with van der Waals surface area (Å²) in [5.74, 6) is 0.246. The van der Waals surface area contributed by atoms with Crippen LogP contribution >= 0.6 is 0 Å². The summed E-state index contributed by atoms with van der Waals surface area (Å²) >= 11 is 0. The van der Waals surface area contributed by atoms with Crippen LogP contribution in [0.2, 0.25) is 0 Å². The molecule has 0 aromatic rings. The monoisotopic (exact) mass is 371 g/mol. The average Bonchev–Trinajstić information content (AvgIpc) is 3.47. The van der Waals surface area contributed by atoms with Crippen molar-refractivity contribution in [2.24, 2.45) is 0 Å². The minimum atomic E-state index is 0.246. The number of hydrogen-bond donors (Lipinski definition) is 1. The van der Waals surface area contributed by atoms with E-state index in [0.717, 1.165) is 38.5 Å². The first-order valence-corrected chi connectivity index (χ1v) is 11.2. The van der Waals surface area contributed by atoms with Crippen LogP contribution in [-0.4, -0.2) is 11.9 Å². The van der Waals surface area contributed by atoms with Crippen LogP contribution in [0.25, 0.3) is 0 Å². The Morgan fingerprint density at radius 3 is 1.78 bits per heavy atom. The van der Waals surface area contributed by atoms with E-state index in [2.05, 4.69) is 60.8 Å². The van der Waals surface area contributed by atoms with Gasteiger partial charge >= 0.3 is 0 Å². The maximum atomic E-state index is 11.5. The average molecular weight is 372 g/mol. The Bertz CT molecular complexity index is 469. The Kier molecular flexibility index (Phi) is 15.5. The molecule has 1 aliphatic rings. The van der Waals surface area contributed by atoms with Gasteiger partial charge in [-0.05, 0) is 64.2 Å². The highest BCUT2D eigenvalue weighted by Gasteiger charge is 2.22. The Hall–Kier alpha value is -1.57. The summed E-state index contributed by atoms with van der Waals surface area (Å²) in [6.07, 6.45) is 33.9. The van der Waals surface area contributed by atoms with Gasteiger partial charge in [0.05, 0.1) is 0 Å². The molecular formula is C25H41NO. The van der Waals surface area contributed by atoms with Crippen molar-refractivity contribution >= 4 is 5.91 Å². The summed E-state index contributed by atoms with van der Waals surface area (Å²) in [6.45, 7) is 2.25. The van der Waals surface area contributed by atoms with E-state index in [1.807, 2.05) is 0 Å². The largest absolute Gasteiger partial charge is 0.353 e. The molecular weight excluding hydrogens is 330 g/mol. The fourth-order valence-corrected chi connectivity index (χ4v) is 2.81. The van der Waals surface area contributed by atoms with Crippen molar-refractivity contribution in [3.63, 3.8) is 0 Å². The highest BCUT2D eigenvalue weighted by atomic mass is 16.1. The van der Waals surface area contributed by atoms with Crippen molar-refractivity contribution in [1.82, 2.24) is 5.32 Å². The topological polar surface area (TPSA) is 29.1 Å². The number of hydrogen-bond acceptors (Lipinski definition) is 1. The standard InChI is InChI=1S/C25H41NO/c1-2-3-4-5-6-7-8-9-10-11-12-13-14-15-16-17-18-19-20-21-25(27)26-24-22-23-24/h6-7,9-10,12-13,15-16,24H,2-5,8,11,14,17-23H2,1H3,(H,26,27)/b7-6-,10-9-,13-12-,16-15-. The molecule has 1 rings (SSSR count). The fraction of sp³-hybridized carbons (Fsp3) is 0.640. The maximum absolute atomic E-state index is 11.5. The minimum absolute atomic E-state index is 0.246. The molecule has 1 aliphatic carbocycles. The molecule has 0 atom stereocenters. The molecule has 2 heteroatoms. The molecule has 1 fully saturated rings. The summed E-state index contributed by atoms with van der Waals surface area (Å²) in [4.78, 5) is 11.5. The third-order valence-corrected chi connectivity index (χ3v) is 4.67. The van der Waals surface area contributed by atoms with Crippen LogP contribution in [0, 0.1) is 0 Å². The molecule has 0 spiro atoms. The van der Waals surface area contributed by atoms with Crippen molar-refractivity contribution in [1.29, 1.82) is 0 Å². The van der Waals surface area contributed by atoms with Gasteiger partial charge in [0, 0.05) is 12.5 Å². The molecule has 0 unspecified atom stereocenters. The lowest BCUT2D eigenvalue weighted by molar-refractivity contribution is -0.121.